The molecular formula is C24H27Cl2N5O4. The van der Waals surface area contributed by atoms with Crippen LogP contribution in [0.4, 0.5) is 0 Å². The number of nitrogens with two attached hydrogens (primary N) is 2. The third kappa shape index (κ3) is 7.08. The third-order valence-electron chi connectivity index (χ3n) is 4.95. The molecule has 0 amide bonds. The van der Waals surface area contributed by atoms with Crippen LogP contribution < -0.4 is 11.5 Å². The van der Waals surface area contributed by atoms with Crippen molar-refractivity contribution in [3.8, 4) is 11.3 Å². The lowest BCUT2D eigenvalue weighted by Gasteiger charge is -2.08. The van der Waals surface area contributed by atoms with Crippen molar-refractivity contribution >= 4 is 59.3 Å². The van der Waals surface area contributed by atoms with Crippen LogP contribution in [0.15, 0.2) is 54.6 Å². The van der Waals surface area contributed by atoms with Gasteiger partial charge in [-0.3, -0.25) is 15.6 Å². The molecule has 0 bridgehead atoms. The van der Waals surface area contributed by atoms with Crippen LogP contribution in [0, 0.1) is 10.8 Å². The Morgan fingerprint density at radius 2 is 1.51 bits per heavy atom. The maximum absolute atomic E-state index is 12.5. The lowest BCUT2D eigenvalue weighted by Crippen LogP contribution is -2.15. The molecule has 0 aliphatic rings. The first kappa shape index (κ1) is 29.2. The Hall–Kier alpha value is -3.82. The van der Waals surface area contributed by atoms with Gasteiger partial charge >= 0.3 is 11.9 Å². The molecule has 7 N–H and O–H groups in total. The van der Waals surface area contributed by atoms with Gasteiger partial charge in [-0.05, 0) is 24.1 Å². The highest BCUT2D eigenvalue weighted by Gasteiger charge is 2.18. The Morgan fingerprint density at radius 3 is 2.09 bits per heavy atom. The minimum Gasteiger partial charge on any atom is -0.462 e. The summed E-state index contributed by atoms with van der Waals surface area (Å²) in [5.41, 5.74) is 15.5. The number of fused-ring (bicyclic) bond motifs is 1. The van der Waals surface area contributed by atoms with Crippen molar-refractivity contribution in [2.75, 3.05) is 13.2 Å². The van der Waals surface area contributed by atoms with Gasteiger partial charge in [0.05, 0.1) is 12.1 Å². The molecule has 1 heterocycles. The smallest absolute Gasteiger partial charge is 0.333 e. The first-order valence-corrected chi connectivity index (χ1v) is 10.1. The lowest BCUT2D eigenvalue weighted by molar-refractivity contribution is -0.149. The number of carbonyl (C=O) groups excluding carboxylic acids is 2. The Balaban J connectivity index is 0.00000306. The topological polar surface area (TPSA) is 168 Å². The predicted molar refractivity (Wildman–Crippen MR) is 141 cm³/mol. The van der Waals surface area contributed by atoms with Crippen LogP contribution in [0.2, 0.25) is 0 Å². The standard InChI is InChI=1S/C24H25N5O4.2ClH/c1-13(2)24(31)33-10-9-32-20(30)12-18-17-8-7-16(23(27)28)11-19(17)29-21(18)14-3-5-15(6-4-14)22(25)26;;/h3-8,11,29H,1,9-10,12H2,2H3,(H3,25,26)(H3,27,28);2*1H. The molecule has 2 aromatic carbocycles. The van der Waals surface area contributed by atoms with Crippen LogP contribution in [0.1, 0.15) is 23.6 Å². The largest absolute Gasteiger partial charge is 0.462 e. The normalized spacial score (nSPS) is 9.97. The number of benzene rings is 2. The second-order valence-corrected chi connectivity index (χ2v) is 7.46. The SMILES string of the molecule is C=C(C)C(=O)OCCOC(=O)Cc1c(-c2ccc(C(=N)N)cc2)[nH]c2cc(C(=N)N)ccc12.Cl.Cl. The van der Waals surface area contributed by atoms with E-state index in [4.69, 9.17) is 31.8 Å². The Labute approximate surface area is 214 Å². The Kier molecular flexibility index (Phi) is 10.5. The summed E-state index contributed by atoms with van der Waals surface area (Å²) >= 11 is 0. The molecule has 0 aliphatic heterocycles. The fourth-order valence-corrected chi connectivity index (χ4v) is 3.28. The number of H-pyrrole nitrogens is 1. The summed E-state index contributed by atoms with van der Waals surface area (Å²) in [5.74, 6) is -1.13. The monoisotopic (exact) mass is 519 g/mol. The number of amidine groups is 2. The molecule has 1 aromatic heterocycles. The summed E-state index contributed by atoms with van der Waals surface area (Å²) in [4.78, 5) is 27.3. The van der Waals surface area contributed by atoms with Crippen LogP contribution in [-0.4, -0.2) is 41.8 Å². The molecule has 9 nitrogen and oxygen atoms in total. The molecule has 11 heteroatoms. The number of aromatic nitrogens is 1. The summed E-state index contributed by atoms with van der Waals surface area (Å²) in [6.07, 6.45) is -0.0301. The maximum Gasteiger partial charge on any atom is 0.333 e. The number of aromatic amines is 1. The molecule has 3 rings (SSSR count). The van der Waals surface area contributed by atoms with Crippen molar-refractivity contribution in [1.29, 1.82) is 10.8 Å². The van der Waals surface area contributed by atoms with Gasteiger partial charge < -0.3 is 25.9 Å². The van der Waals surface area contributed by atoms with E-state index in [0.717, 1.165) is 10.9 Å². The van der Waals surface area contributed by atoms with Crippen LogP contribution in [0.5, 0.6) is 0 Å². The minimum absolute atomic E-state index is 0. The van der Waals surface area contributed by atoms with Crippen molar-refractivity contribution in [2.45, 2.75) is 13.3 Å². The van der Waals surface area contributed by atoms with Gasteiger partial charge in [-0.25, -0.2) is 4.79 Å². The number of hydrogen-bond donors (Lipinski definition) is 5. The molecule has 0 spiro atoms. The van der Waals surface area contributed by atoms with Crippen molar-refractivity contribution in [1.82, 2.24) is 4.98 Å². The van der Waals surface area contributed by atoms with E-state index in [2.05, 4.69) is 11.6 Å². The molecule has 186 valence electrons. The molecule has 0 saturated carbocycles. The summed E-state index contributed by atoms with van der Waals surface area (Å²) in [6.45, 7) is 4.89. The quantitative estimate of drug-likeness (QED) is 0.0952. The van der Waals surface area contributed by atoms with Gasteiger partial charge in [-0.1, -0.05) is 43.0 Å². The van der Waals surface area contributed by atoms with Crippen molar-refractivity contribution in [3.63, 3.8) is 0 Å². The van der Waals surface area contributed by atoms with Gasteiger partial charge in [0, 0.05) is 27.6 Å². The highest BCUT2D eigenvalue weighted by atomic mass is 35.5. The molecule has 0 radical (unpaired) electrons. The van der Waals surface area contributed by atoms with E-state index in [1.807, 2.05) is 0 Å². The number of halogens is 2. The number of esters is 2. The number of carbonyl (C=O) groups is 2. The van der Waals surface area contributed by atoms with Crippen molar-refractivity contribution in [3.05, 3.63) is 71.3 Å². The second kappa shape index (κ2) is 12.6. The number of rotatable bonds is 9. The first-order chi connectivity index (χ1) is 15.7. The van der Waals surface area contributed by atoms with Gasteiger partial charge in [-0.15, -0.1) is 24.8 Å². The minimum atomic E-state index is -0.541. The highest BCUT2D eigenvalue weighted by Crippen LogP contribution is 2.32. The molecule has 0 saturated heterocycles. The van der Waals surface area contributed by atoms with E-state index < -0.39 is 11.9 Å². The van der Waals surface area contributed by atoms with E-state index in [-0.39, 0.29) is 61.7 Å². The van der Waals surface area contributed by atoms with Crippen molar-refractivity contribution in [2.24, 2.45) is 11.5 Å². The van der Waals surface area contributed by atoms with E-state index in [0.29, 0.717) is 27.9 Å². The van der Waals surface area contributed by atoms with Gasteiger partial charge in [0.15, 0.2) is 0 Å². The molecule has 0 unspecified atom stereocenters. The van der Waals surface area contributed by atoms with Crippen molar-refractivity contribution < 1.29 is 19.1 Å². The zero-order valence-electron chi connectivity index (χ0n) is 19.0. The average molecular weight is 520 g/mol. The summed E-state index contributed by atoms with van der Waals surface area (Å²) in [5, 5.41) is 16.0. The molecule has 0 atom stereocenters. The third-order valence-corrected chi connectivity index (χ3v) is 4.95. The fraction of sp³-hybridized carbons (Fsp3) is 0.167. The molecule has 35 heavy (non-hydrogen) atoms. The second-order valence-electron chi connectivity index (χ2n) is 7.46. The van der Waals surface area contributed by atoms with Crippen LogP contribution >= 0.6 is 24.8 Å². The van der Waals surface area contributed by atoms with E-state index >= 15 is 0 Å². The summed E-state index contributed by atoms with van der Waals surface area (Å²) < 4.78 is 10.2. The fourth-order valence-electron chi connectivity index (χ4n) is 3.28. The summed E-state index contributed by atoms with van der Waals surface area (Å²) in [7, 11) is 0. The van der Waals surface area contributed by atoms with Gasteiger partial charge in [0.1, 0.15) is 24.9 Å². The molecule has 0 aliphatic carbocycles. The number of hydrogen-bond acceptors (Lipinski definition) is 6. The number of ether oxygens (including phenoxy) is 2. The van der Waals surface area contributed by atoms with E-state index in [1.54, 1.807) is 42.5 Å². The molecular weight excluding hydrogens is 493 g/mol. The first-order valence-electron chi connectivity index (χ1n) is 10.1. The maximum atomic E-state index is 12.5. The van der Waals surface area contributed by atoms with Gasteiger partial charge in [0.25, 0.3) is 0 Å². The van der Waals surface area contributed by atoms with Gasteiger partial charge in [0.2, 0.25) is 0 Å². The van der Waals surface area contributed by atoms with Crippen LogP contribution in [0.25, 0.3) is 22.2 Å². The van der Waals surface area contributed by atoms with Crippen LogP contribution in [-0.2, 0) is 25.5 Å². The predicted octanol–water partition coefficient (Wildman–Crippen LogP) is 3.45. The van der Waals surface area contributed by atoms with E-state index in [9.17, 15) is 9.59 Å². The summed E-state index contributed by atoms with van der Waals surface area (Å²) in [6, 6.07) is 12.3. The van der Waals surface area contributed by atoms with Gasteiger partial charge in [-0.2, -0.15) is 0 Å². The Morgan fingerprint density at radius 1 is 0.943 bits per heavy atom. The molecule has 0 fully saturated rings. The van der Waals surface area contributed by atoms with Crippen LogP contribution in [0.3, 0.4) is 0 Å². The molecule has 3 aromatic rings. The number of nitrogens with one attached hydrogen (secondary N) is 3. The average Bonchev–Trinajstić information content (AvgIpc) is 3.13. The van der Waals surface area contributed by atoms with E-state index in [1.165, 1.54) is 6.92 Å². The highest BCUT2D eigenvalue weighted by molar-refractivity contribution is 6.01. The number of nitrogen functional groups attached to an aromatic ring is 2. The Bertz CT molecular complexity index is 1270. The lowest BCUT2D eigenvalue weighted by atomic mass is 10.0. The zero-order chi connectivity index (χ0) is 24.1. The zero-order valence-corrected chi connectivity index (χ0v) is 20.6.